The van der Waals surface area contributed by atoms with E-state index in [0.717, 1.165) is 29.5 Å². The minimum Gasteiger partial charge on any atom is -0.354 e. The van der Waals surface area contributed by atoms with Gasteiger partial charge in [0, 0.05) is 18.8 Å². The number of hydrogen-bond donors (Lipinski definition) is 2. The van der Waals surface area contributed by atoms with Crippen molar-refractivity contribution in [3.8, 4) is 17.2 Å². The van der Waals surface area contributed by atoms with E-state index in [0.29, 0.717) is 23.0 Å². The van der Waals surface area contributed by atoms with Crippen LogP contribution in [0.1, 0.15) is 28.9 Å². The summed E-state index contributed by atoms with van der Waals surface area (Å²) in [6, 6.07) is 17.9. The summed E-state index contributed by atoms with van der Waals surface area (Å²) >= 11 is 0. The van der Waals surface area contributed by atoms with Gasteiger partial charge in [-0.1, -0.05) is 24.3 Å². The SMILES string of the molecule is CNC(=O)c1ccc(Nc2nc3c(-c4ccc(C5(C#N)CC5)cc4)cccn3n2)cn1. The predicted molar refractivity (Wildman–Crippen MR) is 116 cm³/mol. The Balaban J connectivity index is 1.43. The van der Waals surface area contributed by atoms with Gasteiger partial charge >= 0.3 is 0 Å². The van der Waals surface area contributed by atoms with Gasteiger partial charge in [0.2, 0.25) is 5.95 Å². The molecule has 4 aromatic rings. The first-order valence-electron chi connectivity index (χ1n) is 9.95. The van der Waals surface area contributed by atoms with Crippen molar-refractivity contribution in [3.63, 3.8) is 0 Å². The number of anilines is 2. The Morgan fingerprint density at radius 3 is 2.61 bits per heavy atom. The van der Waals surface area contributed by atoms with Gasteiger partial charge in [0.15, 0.2) is 5.65 Å². The first-order valence-corrected chi connectivity index (χ1v) is 9.95. The fourth-order valence-corrected chi connectivity index (χ4v) is 3.60. The highest BCUT2D eigenvalue weighted by molar-refractivity contribution is 5.92. The van der Waals surface area contributed by atoms with E-state index in [9.17, 15) is 10.1 Å². The lowest BCUT2D eigenvalue weighted by atomic mass is 9.95. The molecule has 0 atom stereocenters. The van der Waals surface area contributed by atoms with Gasteiger partial charge in [-0.3, -0.25) is 4.79 Å². The highest BCUT2D eigenvalue weighted by Crippen LogP contribution is 2.47. The Hall–Kier alpha value is -4.25. The third-order valence-electron chi connectivity index (χ3n) is 5.55. The number of aromatic nitrogens is 4. The molecule has 8 nitrogen and oxygen atoms in total. The standard InChI is InChI=1S/C23H19N7O/c1-25-21(31)19-9-8-17(13-26-19)27-22-28-20-18(3-2-12-30(20)29-22)15-4-6-16(7-5-15)23(14-24)10-11-23/h2-9,12-13H,10-11H2,1H3,(H,25,31)(H,27,29). The van der Waals surface area contributed by atoms with Crippen molar-refractivity contribution in [2.45, 2.75) is 18.3 Å². The third-order valence-corrected chi connectivity index (χ3v) is 5.55. The maximum absolute atomic E-state index is 11.6. The van der Waals surface area contributed by atoms with E-state index in [1.54, 1.807) is 29.9 Å². The lowest BCUT2D eigenvalue weighted by Crippen LogP contribution is -2.18. The van der Waals surface area contributed by atoms with Crippen LogP contribution in [-0.2, 0) is 5.41 Å². The van der Waals surface area contributed by atoms with Crippen molar-refractivity contribution >= 4 is 23.2 Å². The summed E-state index contributed by atoms with van der Waals surface area (Å²) in [5, 5.41) is 19.6. The van der Waals surface area contributed by atoms with Gasteiger partial charge in [-0.05, 0) is 48.2 Å². The van der Waals surface area contributed by atoms with Crippen LogP contribution in [0.3, 0.4) is 0 Å². The first-order chi connectivity index (χ1) is 15.1. The average molecular weight is 409 g/mol. The van der Waals surface area contributed by atoms with Gasteiger partial charge in [0.25, 0.3) is 5.91 Å². The topological polar surface area (TPSA) is 108 Å². The fraction of sp³-hybridized carbons (Fsp3) is 0.174. The summed E-state index contributed by atoms with van der Waals surface area (Å²) in [4.78, 5) is 20.4. The van der Waals surface area contributed by atoms with Crippen LogP contribution in [0.25, 0.3) is 16.8 Å². The minimum atomic E-state index is -0.294. The minimum absolute atomic E-state index is 0.240. The van der Waals surface area contributed by atoms with E-state index in [2.05, 4.69) is 31.8 Å². The van der Waals surface area contributed by atoms with E-state index in [4.69, 9.17) is 0 Å². The molecule has 5 rings (SSSR count). The highest BCUT2D eigenvalue weighted by Gasteiger charge is 2.44. The summed E-state index contributed by atoms with van der Waals surface area (Å²) in [5.41, 5.74) is 4.48. The molecule has 1 saturated carbocycles. The van der Waals surface area contributed by atoms with Gasteiger partial charge in [-0.25, -0.2) is 9.50 Å². The van der Waals surface area contributed by atoms with Crippen LogP contribution in [-0.4, -0.2) is 32.5 Å². The maximum Gasteiger partial charge on any atom is 0.269 e. The van der Waals surface area contributed by atoms with Gasteiger partial charge in [-0.2, -0.15) is 10.2 Å². The lowest BCUT2D eigenvalue weighted by molar-refractivity contribution is 0.0958. The number of nitriles is 1. The molecule has 0 spiro atoms. The zero-order valence-electron chi connectivity index (χ0n) is 16.8. The molecule has 1 fully saturated rings. The second-order valence-electron chi connectivity index (χ2n) is 7.53. The molecular formula is C23H19N7O. The van der Waals surface area contributed by atoms with Crippen molar-refractivity contribution in [2.75, 3.05) is 12.4 Å². The number of pyridine rings is 2. The number of carbonyl (C=O) groups excluding carboxylic acids is 1. The molecule has 152 valence electrons. The summed E-state index contributed by atoms with van der Waals surface area (Å²) in [5.74, 6) is 0.190. The van der Waals surface area contributed by atoms with E-state index >= 15 is 0 Å². The van der Waals surface area contributed by atoms with Crippen LogP contribution in [0, 0.1) is 11.3 Å². The smallest absolute Gasteiger partial charge is 0.269 e. The van der Waals surface area contributed by atoms with Gasteiger partial charge in [0.1, 0.15) is 5.69 Å². The zero-order valence-corrected chi connectivity index (χ0v) is 16.8. The average Bonchev–Trinajstić information content (AvgIpc) is 3.51. The van der Waals surface area contributed by atoms with Crippen LogP contribution in [0.5, 0.6) is 0 Å². The molecule has 0 radical (unpaired) electrons. The molecular weight excluding hydrogens is 390 g/mol. The first kappa shape index (κ1) is 18.8. The summed E-state index contributed by atoms with van der Waals surface area (Å²) < 4.78 is 1.72. The van der Waals surface area contributed by atoms with Gasteiger partial charge in [0.05, 0.1) is 23.4 Å². The molecule has 8 heteroatoms. The fourth-order valence-electron chi connectivity index (χ4n) is 3.60. The second-order valence-corrected chi connectivity index (χ2v) is 7.53. The molecule has 1 aromatic carbocycles. The number of amides is 1. The van der Waals surface area contributed by atoms with E-state index in [1.807, 2.05) is 42.6 Å². The quantitative estimate of drug-likeness (QED) is 0.523. The lowest BCUT2D eigenvalue weighted by Gasteiger charge is -2.08. The van der Waals surface area contributed by atoms with Crippen molar-refractivity contribution < 1.29 is 4.79 Å². The number of carbonyl (C=O) groups is 1. The number of rotatable bonds is 5. The van der Waals surface area contributed by atoms with Crippen LogP contribution in [0.15, 0.2) is 60.9 Å². The molecule has 0 unspecified atom stereocenters. The van der Waals surface area contributed by atoms with Gasteiger partial charge < -0.3 is 10.6 Å². The highest BCUT2D eigenvalue weighted by atomic mass is 16.1. The largest absolute Gasteiger partial charge is 0.354 e. The van der Waals surface area contributed by atoms with Gasteiger partial charge in [-0.15, -0.1) is 5.10 Å². The summed E-state index contributed by atoms with van der Waals surface area (Å²) in [6.45, 7) is 0. The van der Waals surface area contributed by atoms with Crippen molar-refractivity contribution in [2.24, 2.45) is 0 Å². The predicted octanol–water partition coefficient (Wildman–Crippen LogP) is 3.45. The Kier molecular flexibility index (Phi) is 4.37. The molecule has 31 heavy (non-hydrogen) atoms. The second kappa shape index (κ2) is 7.22. The van der Waals surface area contributed by atoms with Crippen LogP contribution in [0.4, 0.5) is 11.6 Å². The number of hydrogen-bond acceptors (Lipinski definition) is 6. The zero-order chi connectivity index (χ0) is 21.4. The summed E-state index contributed by atoms with van der Waals surface area (Å²) in [6.07, 6.45) is 5.26. The van der Waals surface area contributed by atoms with E-state index in [1.165, 1.54) is 0 Å². The molecule has 3 heterocycles. The Morgan fingerprint density at radius 2 is 1.97 bits per heavy atom. The molecule has 3 aromatic heterocycles. The van der Waals surface area contributed by atoms with E-state index < -0.39 is 0 Å². The Labute approximate surface area is 178 Å². The molecule has 1 aliphatic rings. The molecule has 0 aliphatic heterocycles. The number of benzene rings is 1. The Morgan fingerprint density at radius 1 is 1.16 bits per heavy atom. The molecule has 1 amide bonds. The molecule has 0 bridgehead atoms. The number of nitrogens with one attached hydrogen (secondary N) is 2. The van der Waals surface area contributed by atoms with Crippen LogP contribution in [0.2, 0.25) is 0 Å². The van der Waals surface area contributed by atoms with Crippen LogP contribution < -0.4 is 10.6 Å². The molecule has 2 N–H and O–H groups in total. The normalized spacial score (nSPS) is 14.1. The molecule has 1 aliphatic carbocycles. The monoisotopic (exact) mass is 409 g/mol. The van der Waals surface area contributed by atoms with Crippen molar-refractivity contribution in [3.05, 3.63) is 72.2 Å². The summed E-state index contributed by atoms with van der Waals surface area (Å²) in [7, 11) is 1.56. The van der Waals surface area contributed by atoms with Crippen molar-refractivity contribution in [1.82, 2.24) is 24.9 Å². The third kappa shape index (κ3) is 3.36. The Bertz CT molecular complexity index is 1310. The molecule has 0 saturated heterocycles. The number of fused-ring (bicyclic) bond motifs is 1. The van der Waals surface area contributed by atoms with E-state index in [-0.39, 0.29) is 11.3 Å². The van der Waals surface area contributed by atoms with Crippen LogP contribution >= 0.6 is 0 Å². The maximum atomic E-state index is 11.6. The van der Waals surface area contributed by atoms with Crippen molar-refractivity contribution in [1.29, 1.82) is 5.26 Å². The number of nitrogens with zero attached hydrogens (tertiary/aromatic N) is 5.